The third-order valence-electron chi connectivity index (χ3n) is 2.73. The molecule has 0 unspecified atom stereocenters. The molecule has 8 heteroatoms. The summed E-state index contributed by atoms with van der Waals surface area (Å²) in [7, 11) is -0.703. The van der Waals surface area contributed by atoms with Crippen molar-refractivity contribution in [3.8, 4) is 0 Å². The lowest BCUT2D eigenvalue weighted by Crippen LogP contribution is -2.28. The van der Waals surface area contributed by atoms with Crippen LogP contribution >= 0.6 is 12.4 Å². The zero-order valence-corrected chi connectivity index (χ0v) is 13.9. The Kier molecular flexibility index (Phi) is 8.50. The van der Waals surface area contributed by atoms with Crippen LogP contribution < -0.4 is 10.0 Å². The summed E-state index contributed by atoms with van der Waals surface area (Å²) in [5, 5.41) is 2.93. The van der Waals surface area contributed by atoms with E-state index in [9.17, 15) is 13.2 Å². The number of carbonyl (C=O) groups excluding carboxylic acids is 1. The SMILES string of the molecule is CNCCCNS(=O)(=O)c1ccc(C)cc1C(=O)OC.Cl. The molecule has 0 saturated heterocycles. The second kappa shape index (κ2) is 8.99. The molecule has 0 spiro atoms. The first-order valence-electron chi connectivity index (χ1n) is 6.25. The molecule has 0 heterocycles. The van der Waals surface area contributed by atoms with Crippen LogP contribution in [0.4, 0.5) is 0 Å². The quantitative estimate of drug-likeness (QED) is 0.575. The molecule has 1 aromatic carbocycles. The van der Waals surface area contributed by atoms with Crippen molar-refractivity contribution in [3.05, 3.63) is 29.3 Å². The number of methoxy groups -OCH3 is 1. The maximum atomic E-state index is 12.2. The minimum absolute atomic E-state index is 0. The van der Waals surface area contributed by atoms with Crippen molar-refractivity contribution < 1.29 is 17.9 Å². The van der Waals surface area contributed by atoms with Gasteiger partial charge in [-0.05, 0) is 39.1 Å². The van der Waals surface area contributed by atoms with E-state index in [4.69, 9.17) is 0 Å². The topological polar surface area (TPSA) is 84.5 Å². The molecular weight excluding hydrogens is 316 g/mol. The highest BCUT2D eigenvalue weighted by molar-refractivity contribution is 7.89. The van der Waals surface area contributed by atoms with Gasteiger partial charge in [-0.15, -0.1) is 12.4 Å². The lowest BCUT2D eigenvalue weighted by Gasteiger charge is -2.11. The van der Waals surface area contributed by atoms with E-state index < -0.39 is 16.0 Å². The van der Waals surface area contributed by atoms with Gasteiger partial charge < -0.3 is 10.1 Å². The molecule has 21 heavy (non-hydrogen) atoms. The first-order valence-corrected chi connectivity index (χ1v) is 7.74. The summed E-state index contributed by atoms with van der Waals surface area (Å²) in [6, 6.07) is 4.57. The number of ether oxygens (including phenoxy) is 1. The van der Waals surface area contributed by atoms with Crippen LogP contribution in [0.25, 0.3) is 0 Å². The number of sulfonamides is 1. The highest BCUT2D eigenvalue weighted by atomic mass is 35.5. The maximum Gasteiger partial charge on any atom is 0.339 e. The third-order valence-corrected chi connectivity index (χ3v) is 4.24. The summed E-state index contributed by atoms with van der Waals surface area (Å²) in [5.74, 6) is -0.663. The number of hydrogen-bond acceptors (Lipinski definition) is 5. The maximum absolute atomic E-state index is 12.2. The van der Waals surface area contributed by atoms with Gasteiger partial charge in [0.05, 0.1) is 17.6 Å². The van der Waals surface area contributed by atoms with Gasteiger partial charge in [0.1, 0.15) is 0 Å². The molecule has 0 saturated carbocycles. The van der Waals surface area contributed by atoms with E-state index >= 15 is 0 Å². The Hall–Kier alpha value is -1.15. The monoisotopic (exact) mass is 336 g/mol. The van der Waals surface area contributed by atoms with Crippen molar-refractivity contribution in [2.45, 2.75) is 18.2 Å². The normalized spacial score (nSPS) is 10.8. The smallest absolute Gasteiger partial charge is 0.339 e. The molecule has 120 valence electrons. The van der Waals surface area contributed by atoms with Crippen molar-refractivity contribution in [2.75, 3.05) is 27.2 Å². The molecule has 0 aliphatic carbocycles. The Morgan fingerprint density at radius 1 is 1.29 bits per heavy atom. The summed E-state index contributed by atoms with van der Waals surface area (Å²) < 4.78 is 31.5. The largest absolute Gasteiger partial charge is 0.465 e. The van der Waals surface area contributed by atoms with E-state index in [1.54, 1.807) is 20.0 Å². The molecule has 0 bridgehead atoms. The predicted molar refractivity (Wildman–Crippen MR) is 83.5 cm³/mol. The minimum atomic E-state index is -3.72. The Morgan fingerprint density at radius 3 is 2.52 bits per heavy atom. The van der Waals surface area contributed by atoms with Crippen molar-refractivity contribution in [1.82, 2.24) is 10.0 Å². The van der Waals surface area contributed by atoms with Crippen LogP contribution in [0.3, 0.4) is 0 Å². The average molecular weight is 337 g/mol. The van der Waals surface area contributed by atoms with Crippen LogP contribution in [0.15, 0.2) is 23.1 Å². The zero-order valence-electron chi connectivity index (χ0n) is 12.3. The zero-order chi connectivity index (χ0) is 15.2. The van der Waals surface area contributed by atoms with Crippen molar-refractivity contribution in [2.24, 2.45) is 0 Å². The van der Waals surface area contributed by atoms with E-state index in [0.29, 0.717) is 19.5 Å². The first kappa shape index (κ1) is 19.9. The van der Waals surface area contributed by atoms with Gasteiger partial charge >= 0.3 is 5.97 Å². The average Bonchev–Trinajstić information content (AvgIpc) is 2.42. The standard InChI is InChI=1S/C13H20N2O4S.ClH/c1-10-5-6-12(11(9-10)13(16)19-3)20(17,18)15-8-4-7-14-2;/h5-6,9,14-15H,4,7-8H2,1-3H3;1H. The summed E-state index contributed by atoms with van der Waals surface area (Å²) in [5.41, 5.74) is 0.841. The van der Waals surface area contributed by atoms with Gasteiger partial charge in [0.2, 0.25) is 10.0 Å². The fourth-order valence-corrected chi connectivity index (χ4v) is 2.94. The van der Waals surface area contributed by atoms with Crippen LogP contribution in [0.2, 0.25) is 0 Å². The fraction of sp³-hybridized carbons (Fsp3) is 0.462. The van der Waals surface area contributed by atoms with Crippen LogP contribution in [0, 0.1) is 6.92 Å². The van der Waals surface area contributed by atoms with Crippen LogP contribution in [0.1, 0.15) is 22.3 Å². The molecule has 0 aliphatic heterocycles. The number of nitrogens with one attached hydrogen (secondary N) is 2. The molecule has 1 aromatic rings. The van der Waals surface area contributed by atoms with Gasteiger partial charge in [-0.25, -0.2) is 17.9 Å². The highest BCUT2D eigenvalue weighted by Crippen LogP contribution is 2.18. The van der Waals surface area contributed by atoms with E-state index in [-0.39, 0.29) is 22.9 Å². The van der Waals surface area contributed by atoms with Crippen LogP contribution in [0.5, 0.6) is 0 Å². The van der Waals surface area contributed by atoms with Crippen molar-refractivity contribution >= 4 is 28.4 Å². The fourth-order valence-electron chi connectivity index (χ4n) is 1.70. The molecule has 0 radical (unpaired) electrons. The van der Waals surface area contributed by atoms with E-state index in [1.165, 1.54) is 19.2 Å². The Balaban J connectivity index is 0.00000400. The van der Waals surface area contributed by atoms with Crippen LogP contribution in [-0.2, 0) is 14.8 Å². The van der Waals surface area contributed by atoms with Crippen LogP contribution in [-0.4, -0.2) is 41.6 Å². The number of aryl methyl sites for hydroxylation is 1. The second-order valence-corrected chi connectivity index (χ2v) is 6.08. The molecule has 0 aromatic heterocycles. The summed E-state index contributed by atoms with van der Waals surface area (Å²) >= 11 is 0. The van der Waals surface area contributed by atoms with E-state index in [1.807, 2.05) is 0 Å². The Morgan fingerprint density at radius 2 is 1.95 bits per heavy atom. The molecule has 0 amide bonds. The van der Waals surface area contributed by atoms with Gasteiger partial charge in [-0.1, -0.05) is 11.6 Å². The molecular formula is C13H21ClN2O4S. The van der Waals surface area contributed by atoms with Gasteiger partial charge in [0.15, 0.2) is 0 Å². The Labute approximate surface area is 131 Å². The first-order chi connectivity index (χ1) is 9.42. The second-order valence-electron chi connectivity index (χ2n) is 4.35. The number of benzene rings is 1. The van der Waals surface area contributed by atoms with E-state index in [0.717, 1.165) is 5.56 Å². The number of rotatable bonds is 7. The van der Waals surface area contributed by atoms with Gasteiger partial charge in [-0.3, -0.25) is 0 Å². The van der Waals surface area contributed by atoms with Crippen molar-refractivity contribution in [1.29, 1.82) is 0 Å². The number of halogens is 1. The summed E-state index contributed by atoms with van der Waals surface area (Å²) in [6.45, 7) is 2.79. The predicted octanol–water partition coefficient (Wildman–Crippen LogP) is 1.09. The van der Waals surface area contributed by atoms with Gasteiger partial charge in [-0.2, -0.15) is 0 Å². The van der Waals surface area contributed by atoms with Crippen molar-refractivity contribution in [3.63, 3.8) is 0 Å². The summed E-state index contributed by atoms with van der Waals surface area (Å²) in [4.78, 5) is 11.6. The number of carbonyl (C=O) groups is 1. The van der Waals surface area contributed by atoms with E-state index in [2.05, 4.69) is 14.8 Å². The van der Waals surface area contributed by atoms with Gasteiger partial charge in [0.25, 0.3) is 0 Å². The molecule has 6 nitrogen and oxygen atoms in total. The molecule has 1 rings (SSSR count). The third kappa shape index (κ3) is 5.62. The lowest BCUT2D eigenvalue weighted by atomic mass is 10.1. The molecule has 0 atom stereocenters. The summed E-state index contributed by atoms with van der Waals surface area (Å²) in [6.07, 6.45) is 0.662. The highest BCUT2D eigenvalue weighted by Gasteiger charge is 2.22. The van der Waals surface area contributed by atoms with Gasteiger partial charge in [0, 0.05) is 6.54 Å². The number of esters is 1. The Bertz CT molecular complexity index is 576. The number of hydrogen-bond donors (Lipinski definition) is 2. The molecule has 2 N–H and O–H groups in total. The minimum Gasteiger partial charge on any atom is -0.465 e. The molecule has 0 fully saturated rings. The molecule has 0 aliphatic rings. The lowest BCUT2D eigenvalue weighted by molar-refractivity contribution is 0.0596.